The molecule has 0 unspecified atom stereocenters. The number of carboxylic acid groups (broad SMARTS) is 1. The first-order chi connectivity index (χ1) is 8.20. The summed E-state index contributed by atoms with van der Waals surface area (Å²) < 4.78 is 5.37. The van der Waals surface area contributed by atoms with Gasteiger partial charge in [0.15, 0.2) is 5.58 Å². The van der Waals surface area contributed by atoms with E-state index in [0.29, 0.717) is 23.7 Å². The number of nitrogens with zero attached hydrogens (tertiary/aromatic N) is 1. The molecule has 88 valence electrons. The number of rotatable bonds is 3. The zero-order chi connectivity index (χ0) is 12.3. The number of anilines is 1. The molecule has 0 amide bonds. The van der Waals surface area contributed by atoms with Crippen LogP contribution in [0.25, 0.3) is 11.1 Å². The minimum absolute atomic E-state index is 0. The van der Waals surface area contributed by atoms with Crippen molar-refractivity contribution in [3.63, 3.8) is 0 Å². The molecule has 0 fully saturated rings. The van der Waals surface area contributed by atoms with Gasteiger partial charge in [0.05, 0.1) is 12.1 Å². The molecule has 0 radical (unpaired) electrons. The van der Waals surface area contributed by atoms with Gasteiger partial charge in [0.25, 0.3) is 6.01 Å². The number of fused-ring (bicyclic) bond motifs is 1. The standard InChI is InChI=1S/C12H10N2O3.Na.H/c1-2-3-6-13-12-14-9-7-8(11(15)16)4-5-10(9)17-12;;/h4-5,7H,6H2,1H3,(H,13,14)(H,15,16);;. The predicted molar refractivity (Wildman–Crippen MR) is 70.1 cm³/mol. The Morgan fingerprint density at radius 1 is 1.56 bits per heavy atom. The van der Waals surface area contributed by atoms with Gasteiger partial charge < -0.3 is 14.8 Å². The number of carbonyl (C=O) groups is 1. The zero-order valence-corrected chi connectivity index (χ0v) is 9.15. The van der Waals surface area contributed by atoms with E-state index >= 15 is 0 Å². The molecule has 2 N–H and O–H groups in total. The van der Waals surface area contributed by atoms with Crippen molar-refractivity contribution in [3.05, 3.63) is 23.8 Å². The first-order valence-electron chi connectivity index (χ1n) is 4.98. The second-order valence-electron chi connectivity index (χ2n) is 3.29. The number of benzene rings is 1. The van der Waals surface area contributed by atoms with Crippen LogP contribution in [0.15, 0.2) is 22.6 Å². The summed E-state index contributed by atoms with van der Waals surface area (Å²) in [6, 6.07) is 4.87. The summed E-state index contributed by atoms with van der Waals surface area (Å²) in [5.74, 6) is 4.57. The Bertz CT molecular complexity index is 625. The molecule has 1 aromatic carbocycles. The number of hydrogen-bond donors (Lipinski definition) is 2. The van der Waals surface area contributed by atoms with Crippen molar-refractivity contribution in [1.29, 1.82) is 0 Å². The van der Waals surface area contributed by atoms with Crippen LogP contribution in [-0.2, 0) is 0 Å². The van der Waals surface area contributed by atoms with Crippen LogP contribution < -0.4 is 5.32 Å². The summed E-state index contributed by atoms with van der Waals surface area (Å²) in [7, 11) is 0. The Labute approximate surface area is 126 Å². The SMILES string of the molecule is CC#CCNc1nc2cc(C(=O)O)ccc2o1.[NaH]. The Kier molecular flexibility index (Phi) is 5.23. The van der Waals surface area contributed by atoms with Gasteiger partial charge >= 0.3 is 35.5 Å². The van der Waals surface area contributed by atoms with Gasteiger partial charge in [0.2, 0.25) is 0 Å². The Hall–Kier alpha value is -1.48. The van der Waals surface area contributed by atoms with Gasteiger partial charge in [-0.25, -0.2) is 4.79 Å². The fourth-order valence-corrected chi connectivity index (χ4v) is 1.34. The summed E-state index contributed by atoms with van der Waals surface area (Å²) in [6.45, 7) is 2.18. The molecule has 0 spiro atoms. The van der Waals surface area contributed by atoms with E-state index in [1.807, 2.05) is 0 Å². The molecule has 5 nitrogen and oxygen atoms in total. The molecule has 2 rings (SSSR count). The van der Waals surface area contributed by atoms with E-state index in [9.17, 15) is 4.79 Å². The topological polar surface area (TPSA) is 75.4 Å². The van der Waals surface area contributed by atoms with E-state index in [1.165, 1.54) is 12.1 Å². The third-order valence-electron chi connectivity index (χ3n) is 2.14. The van der Waals surface area contributed by atoms with Crippen LogP contribution in [0, 0.1) is 11.8 Å². The minimum atomic E-state index is -0.985. The van der Waals surface area contributed by atoms with Crippen LogP contribution in [0.3, 0.4) is 0 Å². The van der Waals surface area contributed by atoms with Crippen molar-refractivity contribution < 1.29 is 14.3 Å². The molecule has 18 heavy (non-hydrogen) atoms. The van der Waals surface area contributed by atoms with Gasteiger partial charge in [-0.3, -0.25) is 0 Å². The van der Waals surface area contributed by atoms with Crippen molar-refractivity contribution in [1.82, 2.24) is 4.98 Å². The van der Waals surface area contributed by atoms with E-state index in [1.54, 1.807) is 13.0 Å². The quantitative estimate of drug-likeness (QED) is 0.638. The van der Waals surface area contributed by atoms with Crippen LogP contribution in [0.1, 0.15) is 17.3 Å². The average molecular weight is 254 g/mol. The second kappa shape index (κ2) is 6.45. The molecule has 0 saturated carbocycles. The molecular formula is C12H11N2NaO3. The van der Waals surface area contributed by atoms with Gasteiger partial charge in [-0.05, 0) is 25.1 Å². The van der Waals surface area contributed by atoms with Gasteiger partial charge in [0.1, 0.15) is 5.52 Å². The van der Waals surface area contributed by atoms with Gasteiger partial charge in [-0.2, -0.15) is 4.98 Å². The van der Waals surface area contributed by atoms with Gasteiger partial charge in [-0.1, -0.05) is 5.92 Å². The van der Waals surface area contributed by atoms with Crippen molar-refractivity contribution in [2.75, 3.05) is 11.9 Å². The summed E-state index contributed by atoms with van der Waals surface area (Å²) >= 11 is 0. The third kappa shape index (κ3) is 3.26. The van der Waals surface area contributed by atoms with Crippen molar-refractivity contribution in [2.24, 2.45) is 0 Å². The van der Waals surface area contributed by atoms with Crippen LogP contribution in [0.4, 0.5) is 6.01 Å². The molecule has 0 aliphatic heterocycles. The van der Waals surface area contributed by atoms with Crippen molar-refractivity contribution in [2.45, 2.75) is 6.92 Å². The van der Waals surface area contributed by atoms with E-state index < -0.39 is 5.97 Å². The average Bonchev–Trinajstić information content (AvgIpc) is 2.70. The number of aromatic carboxylic acids is 1. The Morgan fingerprint density at radius 3 is 3.00 bits per heavy atom. The summed E-state index contributed by atoms with van der Waals surface area (Å²) in [4.78, 5) is 14.9. The molecule has 2 aromatic rings. The van der Waals surface area contributed by atoms with Crippen LogP contribution in [0.2, 0.25) is 0 Å². The Balaban J connectivity index is 0.00000162. The predicted octanol–water partition coefficient (Wildman–Crippen LogP) is 1.31. The fraction of sp³-hybridized carbons (Fsp3) is 0.167. The molecule has 1 heterocycles. The van der Waals surface area contributed by atoms with Gasteiger partial charge in [-0.15, -0.1) is 5.92 Å². The van der Waals surface area contributed by atoms with Gasteiger partial charge in [0, 0.05) is 0 Å². The molecule has 1 aromatic heterocycles. The van der Waals surface area contributed by atoms with Crippen LogP contribution in [-0.4, -0.2) is 52.2 Å². The fourth-order valence-electron chi connectivity index (χ4n) is 1.34. The zero-order valence-electron chi connectivity index (χ0n) is 9.15. The molecule has 0 atom stereocenters. The normalized spacial score (nSPS) is 9.17. The van der Waals surface area contributed by atoms with E-state index in [-0.39, 0.29) is 35.1 Å². The van der Waals surface area contributed by atoms with Crippen molar-refractivity contribution >= 4 is 52.6 Å². The molecule has 6 heteroatoms. The Morgan fingerprint density at radius 2 is 2.33 bits per heavy atom. The summed E-state index contributed by atoms with van der Waals surface area (Å²) in [5.41, 5.74) is 1.24. The molecule has 0 aliphatic carbocycles. The number of hydrogen-bond acceptors (Lipinski definition) is 4. The first-order valence-corrected chi connectivity index (χ1v) is 4.98. The molecular weight excluding hydrogens is 243 g/mol. The number of aromatic nitrogens is 1. The third-order valence-corrected chi connectivity index (χ3v) is 2.14. The van der Waals surface area contributed by atoms with E-state index in [4.69, 9.17) is 9.52 Å². The monoisotopic (exact) mass is 254 g/mol. The number of oxazole rings is 1. The molecule has 0 aliphatic rings. The second-order valence-corrected chi connectivity index (χ2v) is 3.29. The molecule has 0 bridgehead atoms. The van der Waals surface area contributed by atoms with Crippen molar-refractivity contribution in [3.8, 4) is 11.8 Å². The maximum absolute atomic E-state index is 10.8. The van der Waals surface area contributed by atoms with Crippen LogP contribution in [0.5, 0.6) is 0 Å². The number of carboxylic acids is 1. The first kappa shape index (κ1) is 14.6. The maximum atomic E-state index is 10.8. The number of nitrogens with one attached hydrogen (secondary N) is 1. The van der Waals surface area contributed by atoms with Crippen LogP contribution >= 0.6 is 0 Å². The summed E-state index contributed by atoms with van der Waals surface area (Å²) in [6.07, 6.45) is 0. The summed E-state index contributed by atoms with van der Waals surface area (Å²) in [5, 5.41) is 11.7. The van der Waals surface area contributed by atoms with E-state index in [0.717, 1.165) is 0 Å². The van der Waals surface area contributed by atoms with E-state index in [2.05, 4.69) is 22.1 Å². The molecule has 0 saturated heterocycles.